The van der Waals surface area contributed by atoms with Gasteiger partial charge in [0, 0.05) is 12.0 Å². The Labute approximate surface area is 125 Å². The van der Waals surface area contributed by atoms with Crippen molar-refractivity contribution in [2.24, 2.45) is 0 Å². The normalized spacial score (nSPS) is 25.9. The Kier molecular flexibility index (Phi) is 3.99. The van der Waals surface area contributed by atoms with E-state index < -0.39 is 9.84 Å². The summed E-state index contributed by atoms with van der Waals surface area (Å²) in [6, 6.07) is 9.55. The average Bonchev–Trinajstić information content (AvgIpc) is 2.88. The summed E-state index contributed by atoms with van der Waals surface area (Å²) in [6.07, 6.45) is 0.768. The maximum atomic E-state index is 12.4. The van der Waals surface area contributed by atoms with Crippen molar-refractivity contribution in [2.75, 3.05) is 37.7 Å². The molecule has 0 spiro atoms. The Morgan fingerprint density at radius 3 is 2.38 bits per heavy atom. The molecule has 0 unspecified atom stereocenters. The van der Waals surface area contributed by atoms with Gasteiger partial charge in [0.05, 0.1) is 31.9 Å². The third-order valence-electron chi connectivity index (χ3n) is 4.52. The van der Waals surface area contributed by atoms with Gasteiger partial charge in [-0.1, -0.05) is 18.2 Å². The van der Waals surface area contributed by atoms with E-state index in [2.05, 4.69) is 0 Å². The van der Waals surface area contributed by atoms with E-state index >= 15 is 0 Å². The SMILES string of the molecule is O=C(c1ccccc1)N1CC[NH+]([C@H]2CCS(=O)(=O)C2)CC1. The van der Waals surface area contributed by atoms with Crippen LogP contribution >= 0.6 is 0 Å². The molecule has 1 amide bonds. The van der Waals surface area contributed by atoms with Crippen LogP contribution in [0, 0.1) is 0 Å². The predicted octanol–water partition coefficient (Wildman–Crippen LogP) is -0.786. The number of nitrogens with one attached hydrogen (secondary N) is 1. The molecule has 2 fully saturated rings. The van der Waals surface area contributed by atoms with Gasteiger partial charge < -0.3 is 9.80 Å². The molecule has 0 aliphatic carbocycles. The Morgan fingerprint density at radius 2 is 1.81 bits per heavy atom. The van der Waals surface area contributed by atoms with Crippen molar-refractivity contribution in [1.29, 1.82) is 0 Å². The Morgan fingerprint density at radius 1 is 1.14 bits per heavy atom. The zero-order chi connectivity index (χ0) is 14.9. The highest BCUT2D eigenvalue weighted by Crippen LogP contribution is 2.10. The van der Waals surface area contributed by atoms with Gasteiger partial charge in [0.2, 0.25) is 0 Å². The van der Waals surface area contributed by atoms with Gasteiger partial charge in [0.1, 0.15) is 11.8 Å². The molecule has 0 aromatic heterocycles. The minimum atomic E-state index is -2.82. The van der Waals surface area contributed by atoms with Crippen LogP contribution in [0.5, 0.6) is 0 Å². The van der Waals surface area contributed by atoms with Crippen LogP contribution in [0.3, 0.4) is 0 Å². The summed E-state index contributed by atoms with van der Waals surface area (Å²) in [6.45, 7) is 3.11. The van der Waals surface area contributed by atoms with Crippen molar-refractivity contribution in [3.8, 4) is 0 Å². The molecule has 21 heavy (non-hydrogen) atoms. The highest BCUT2D eigenvalue weighted by molar-refractivity contribution is 7.91. The lowest BCUT2D eigenvalue weighted by atomic mass is 10.1. The number of hydrogen-bond acceptors (Lipinski definition) is 3. The number of piperazine rings is 1. The number of nitrogens with zero attached hydrogens (tertiary/aromatic N) is 1. The lowest BCUT2D eigenvalue weighted by Gasteiger charge is -2.35. The molecule has 114 valence electrons. The molecule has 2 heterocycles. The van der Waals surface area contributed by atoms with Gasteiger partial charge in [0.25, 0.3) is 5.91 Å². The Bertz CT molecular complexity index is 607. The third kappa shape index (κ3) is 3.27. The Hall–Kier alpha value is -1.40. The van der Waals surface area contributed by atoms with Gasteiger partial charge in [-0.15, -0.1) is 0 Å². The van der Waals surface area contributed by atoms with Crippen molar-refractivity contribution in [3.63, 3.8) is 0 Å². The van der Waals surface area contributed by atoms with E-state index in [1.54, 1.807) is 0 Å². The maximum absolute atomic E-state index is 12.4. The van der Waals surface area contributed by atoms with Crippen LogP contribution in [-0.2, 0) is 9.84 Å². The fourth-order valence-corrected chi connectivity index (χ4v) is 5.11. The molecule has 1 atom stereocenters. The number of quaternary nitrogens is 1. The molecule has 1 aromatic carbocycles. The number of amides is 1. The second-order valence-corrected chi connectivity index (χ2v) is 8.15. The fraction of sp³-hybridized carbons (Fsp3) is 0.533. The molecule has 2 saturated heterocycles. The summed E-state index contributed by atoms with van der Waals surface area (Å²) in [5, 5.41) is 0. The van der Waals surface area contributed by atoms with Crippen molar-refractivity contribution in [3.05, 3.63) is 35.9 Å². The van der Waals surface area contributed by atoms with Crippen LogP contribution in [0.2, 0.25) is 0 Å². The van der Waals surface area contributed by atoms with E-state index in [0.29, 0.717) is 24.6 Å². The van der Waals surface area contributed by atoms with E-state index in [0.717, 1.165) is 25.1 Å². The van der Waals surface area contributed by atoms with E-state index in [1.165, 1.54) is 4.90 Å². The number of hydrogen-bond donors (Lipinski definition) is 1. The first-order chi connectivity index (χ1) is 10.1. The molecule has 0 saturated carbocycles. The van der Waals surface area contributed by atoms with Crippen LogP contribution < -0.4 is 4.90 Å². The van der Waals surface area contributed by atoms with Crippen LogP contribution in [0.25, 0.3) is 0 Å². The van der Waals surface area contributed by atoms with Crippen molar-refractivity contribution >= 4 is 15.7 Å². The average molecular weight is 309 g/mol. The largest absolute Gasteiger partial charge is 0.329 e. The highest BCUT2D eigenvalue weighted by atomic mass is 32.2. The number of benzene rings is 1. The quantitative estimate of drug-likeness (QED) is 0.779. The van der Waals surface area contributed by atoms with Gasteiger partial charge in [0.15, 0.2) is 9.84 Å². The van der Waals surface area contributed by atoms with Crippen molar-refractivity contribution in [1.82, 2.24) is 4.90 Å². The standard InChI is InChI=1S/C15H20N2O3S/c18-15(13-4-2-1-3-5-13)17-9-7-16(8-10-17)14-6-11-21(19,20)12-14/h1-5,14H,6-12H2/p+1/t14-/m0/s1. The summed E-state index contributed by atoms with van der Waals surface area (Å²) in [5.41, 5.74) is 0.726. The number of carbonyl (C=O) groups is 1. The monoisotopic (exact) mass is 309 g/mol. The van der Waals surface area contributed by atoms with E-state index in [9.17, 15) is 13.2 Å². The second kappa shape index (κ2) is 5.77. The maximum Gasteiger partial charge on any atom is 0.254 e. The molecule has 1 aromatic rings. The molecule has 2 aliphatic rings. The molecule has 1 N–H and O–H groups in total. The van der Waals surface area contributed by atoms with Crippen LogP contribution in [-0.4, -0.2) is 63.0 Å². The van der Waals surface area contributed by atoms with Gasteiger partial charge in [-0.05, 0) is 12.1 Å². The van der Waals surface area contributed by atoms with E-state index in [-0.39, 0.29) is 11.9 Å². The van der Waals surface area contributed by atoms with Crippen molar-refractivity contribution in [2.45, 2.75) is 12.5 Å². The van der Waals surface area contributed by atoms with Crippen LogP contribution in [0.4, 0.5) is 0 Å². The molecule has 3 rings (SSSR count). The first kappa shape index (κ1) is 14.5. The molecule has 2 aliphatic heterocycles. The predicted molar refractivity (Wildman–Crippen MR) is 80.1 cm³/mol. The lowest BCUT2D eigenvalue weighted by molar-refractivity contribution is -0.925. The molecule has 6 heteroatoms. The van der Waals surface area contributed by atoms with E-state index in [4.69, 9.17) is 0 Å². The Balaban J connectivity index is 1.57. The number of carbonyl (C=O) groups excluding carboxylic acids is 1. The summed E-state index contributed by atoms with van der Waals surface area (Å²) >= 11 is 0. The van der Waals surface area contributed by atoms with Gasteiger partial charge >= 0.3 is 0 Å². The molecular formula is C15H21N2O3S+. The summed E-state index contributed by atoms with van der Waals surface area (Å²) in [4.78, 5) is 15.6. The molecule has 0 radical (unpaired) electrons. The topological polar surface area (TPSA) is 58.9 Å². The molecule has 0 bridgehead atoms. The number of rotatable bonds is 2. The van der Waals surface area contributed by atoms with Crippen LogP contribution in [0.1, 0.15) is 16.8 Å². The highest BCUT2D eigenvalue weighted by Gasteiger charge is 2.37. The molecular weight excluding hydrogens is 288 g/mol. The molecule has 5 nitrogen and oxygen atoms in total. The minimum Gasteiger partial charge on any atom is -0.329 e. The zero-order valence-electron chi connectivity index (χ0n) is 12.0. The first-order valence-electron chi connectivity index (χ1n) is 7.44. The number of sulfone groups is 1. The van der Waals surface area contributed by atoms with E-state index in [1.807, 2.05) is 35.2 Å². The minimum absolute atomic E-state index is 0.0775. The first-order valence-corrected chi connectivity index (χ1v) is 9.27. The van der Waals surface area contributed by atoms with Gasteiger partial charge in [-0.3, -0.25) is 4.79 Å². The summed E-state index contributed by atoms with van der Waals surface area (Å²) in [5.74, 6) is 0.719. The summed E-state index contributed by atoms with van der Waals surface area (Å²) < 4.78 is 23.1. The third-order valence-corrected chi connectivity index (χ3v) is 6.29. The zero-order valence-corrected chi connectivity index (χ0v) is 12.8. The fourth-order valence-electron chi connectivity index (χ4n) is 3.29. The van der Waals surface area contributed by atoms with Gasteiger partial charge in [-0.25, -0.2) is 8.42 Å². The van der Waals surface area contributed by atoms with Crippen molar-refractivity contribution < 1.29 is 18.1 Å². The van der Waals surface area contributed by atoms with Gasteiger partial charge in [-0.2, -0.15) is 0 Å². The smallest absolute Gasteiger partial charge is 0.254 e. The van der Waals surface area contributed by atoms with Crippen LogP contribution in [0.15, 0.2) is 30.3 Å². The second-order valence-electron chi connectivity index (χ2n) is 5.92. The lowest BCUT2D eigenvalue weighted by Crippen LogP contribution is -3.18. The summed E-state index contributed by atoms with van der Waals surface area (Å²) in [7, 11) is -2.82.